The van der Waals surface area contributed by atoms with Gasteiger partial charge in [0.15, 0.2) is 0 Å². The lowest BCUT2D eigenvalue weighted by molar-refractivity contribution is 0.171. The van der Waals surface area contributed by atoms with Gasteiger partial charge in [0.1, 0.15) is 5.82 Å². The van der Waals surface area contributed by atoms with Crippen LogP contribution >= 0.6 is 0 Å². The first-order valence-corrected chi connectivity index (χ1v) is 6.24. The van der Waals surface area contributed by atoms with E-state index in [9.17, 15) is 4.39 Å². The van der Waals surface area contributed by atoms with Gasteiger partial charge in [-0.25, -0.2) is 4.39 Å². The number of rotatable bonds is 3. The molecule has 98 valence electrons. The van der Waals surface area contributed by atoms with Crippen molar-refractivity contribution in [1.29, 1.82) is 0 Å². The van der Waals surface area contributed by atoms with E-state index in [2.05, 4.69) is 37.4 Å². The molecule has 0 unspecified atom stereocenters. The molecule has 0 bridgehead atoms. The first-order valence-electron chi connectivity index (χ1n) is 6.24. The Morgan fingerprint density at radius 1 is 1.28 bits per heavy atom. The monoisotopic (exact) mass is 248 g/mol. The molecule has 0 radical (unpaired) electrons. The van der Waals surface area contributed by atoms with E-state index in [1.165, 1.54) is 0 Å². The summed E-state index contributed by atoms with van der Waals surface area (Å²) in [4.78, 5) is 2.21. The molecule has 0 N–H and O–H groups in total. The molecule has 2 nitrogen and oxygen atoms in total. The van der Waals surface area contributed by atoms with Crippen molar-refractivity contribution >= 4 is 10.9 Å². The summed E-state index contributed by atoms with van der Waals surface area (Å²) in [5, 5.41) is 0.974. The number of aryl methyl sites for hydroxylation is 1. The largest absolute Gasteiger partial charge is 0.345 e. The van der Waals surface area contributed by atoms with Gasteiger partial charge in [-0.15, -0.1) is 0 Å². The molecule has 0 saturated heterocycles. The van der Waals surface area contributed by atoms with Crippen LogP contribution in [0.5, 0.6) is 0 Å². The number of halogens is 1. The van der Waals surface area contributed by atoms with E-state index in [1.54, 1.807) is 12.1 Å². The third-order valence-electron chi connectivity index (χ3n) is 3.78. The van der Waals surface area contributed by atoms with Gasteiger partial charge in [0, 0.05) is 23.7 Å². The second-order valence-electron chi connectivity index (χ2n) is 5.81. The Morgan fingerprint density at radius 2 is 1.94 bits per heavy atom. The van der Waals surface area contributed by atoms with Crippen LogP contribution in [0.1, 0.15) is 19.4 Å². The SMILES string of the molecule is Cc1cc(F)cc2ccn(CC(C)(C)N(C)C)c12. The fraction of sp³-hybridized carbons (Fsp3) is 0.467. The number of aromatic nitrogens is 1. The van der Waals surface area contributed by atoms with Gasteiger partial charge < -0.3 is 9.47 Å². The zero-order valence-electron chi connectivity index (χ0n) is 11.8. The summed E-state index contributed by atoms with van der Waals surface area (Å²) in [5.74, 6) is -0.162. The second-order valence-corrected chi connectivity index (χ2v) is 5.81. The molecular weight excluding hydrogens is 227 g/mol. The molecule has 1 heterocycles. The normalized spacial score (nSPS) is 12.6. The Morgan fingerprint density at radius 3 is 2.56 bits per heavy atom. The van der Waals surface area contributed by atoms with Gasteiger partial charge in [-0.3, -0.25) is 0 Å². The summed E-state index contributed by atoms with van der Waals surface area (Å²) in [6, 6.07) is 5.18. The Bertz CT molecular complexity index is 567. The quantitative estimate of drug-likeness (QED) is 0.808. The first kappa shape index (κ1) is 13.1. The van der Waals surface area contributed by atoms with Crippen LogP contribution < -0.4 is 0 Å². The van der Waals surface area contributed by atoms with E-state index in [1.807, 2.05) is 19.2 Å². The summed E-state index contributed by atoms with van der Waals surface area (Å²) in [6.07, 6.45) is 2.04. The third-order valence-corrected chi connectivity index (χ3v) is 3.78. The van der Waals surface area contributed by atoms with Crippen LogP contribution in [0.15, 0.2) is 24.4 Å². The molecule has 0 saturated carbocycles. The summed E-state index contributed by atoms with van der Waals surface area (Å²) >= 11 is 0. The average Bonchev–Trinajstić information content (AvgIpc) is 2.60. The number of benzene rings is 1. The highest BCUT2D eigenvalue weighted by Crippen LogP contribution is 2.24. The van der Waals surface area contributed by atoms with Gasteiger partial charge in [0.05, 0.1) is 5.52 Å². The van der Waals surface area contributed by atoms with Crippen molar-refractivity contribution in [2.24, 2.45) is 0 Å². The van der Waals surface area contributed by atoms with Crippen LogP contribution in [0.3, 0.4) is 0 Å². The number of hydrogen-bond donors (Lipinski definition) is 0. The Labute approximate surface area is 108 Å². The minimum absolute atomic E-state index is 0.0623. The van der Waals surface area contributed by atoms with Crippen molar-refractivity contribution in [3.8, 4) is 0 Å². The summed E-state index contributed by atoms with van der Waals surface area (Å²) in [6.45, 7) is 7.26. The van der Waals surface area contributed by atoms with Crippen LogP contribution in [-0.4, -0.2) is 29.1 Å². The first-order chi connectivity index (χ1) is 8.31. The molecule has 1 aromatic heterocycles. The number of fused-ring (bicyclic) bond motifs is 1. The topological polar surface area (TPSA) is 8.17 Å². The van der Waals surface area contributed by atoms with Crippen molar-refractivity contribution in [3.63, 3.8) is 0 Å². The fourth-order valence-corrected chi connectivity index (χ4v) is 2.22. The van der Waals surface area contributed by atoms with Gasteiger partial charge in [-0.2, -0.15) is 0 Å². The molecule has 0 aliphatic carbocycles. The van der Waals surface area contributed by atoms with Crippen LogP contribution in [-0.2, 0) is 6.54 Å². The van der Waals surface area contributed by atoms with E-state index in [0.717, 1.165) is 23.0 Å². The lowest BCUT2D eigenvalue weighted by Crippen LogP contribution is -2.41. The predicted molar refractivity (Wildman–Crippen MR) is 74.4 cm³/mol. The Kier molecular flexibility index (Phi) is 3.20. The third kappa shape index (κ3) is 2.27. The van der Waals surface area contributed by atoms with E-state index in [-0.39, 0.29) is 11.4 Å². The molecule has 0 aliphatic heterocycles. The molecule has 0 fully saturated rings. The van der Waals surface area contributed by atoms with Crippen molar-refractivity contribution in [3.05, 3.63) is 35.8 Å². The summed E-state index contributed by atoms with van der Waals surface area (Å²) < 4.78 is 15.6. The number of hydrogen-bond acceptors (Lipinski definition) is 1. The lowest BCUT2D eigenvalue weighted by Gasteiger charge is -2.33. The van der Waals surface area contributed by atoms with Crippen molar-refractivity contribution in [1.82, 2.24) is 9.47 Å². The van der Waals surface area contributed by atoms with Crippen molar-refractivity contribution in [2.75, 3.05) is 14.1 Å². The summed E-state index contributed by atoms with van der Waals surface area (Å²) in [7, 11) is 4.16. The van der Waals surface area contributed by atoms with Gasteiger partial charge in [0.25, 0.3) is 0 Å². The molecule has 1 aromatic carbocycles. The van der Waals surface area contributed by atoms with Gasteiger partial charge in [-0.1, -0.05) is 0 Å². The maximum Gasteiger partial charge on any atom is 0.124 e. The molecule has 18 heavy (non-hydrogen) atoms. The van der Waals surface area contributed by atoms with Gasteiger partial charge in [0.2, 0.25) is 0 Å². The zero-order valence-corrected chi connectivity index (χ0v) is 11.8. The smallest absolute Gasteiger partial charge is 0.124 e. The molecule has 0 spiro atoms. The maximum absolute atomic E-state index is 13.4. The molecule has 0 aliphatic rings. The zero-order chi connectivity index (χ0) is 13.5. The number of likely N-dealkylation sites (N-methyl/N-ethyl adjacent to an activating group) is 1. The van der Waals surface area contributed by atoms with Crippen molar-refractivity contribution < 1.29 is 4.39 Å². The van der Waals surface area contributed by atoms with Crippen LogP contribution in [0.25, 0.3) is 10.9 Å². The maximum atomic E-state index is 13.4. The van der Waals surface area contributed by atoms with E-state index >= 15 is 0 Å². The highest BCUT2D eigenvalue weighted by Gasteiger charge is 2.22. The van der Waals surface area contributed by atoms with E-state index in [4.69, 9.17) is 0 Å². The van der Waals surface area contributed by atoms with Crippen LogP contribution in [0.4, 0.5) is 4.39 Å². The molecule has 2 aromatic rings. The van der Waals surface area contributed by atoms with E-state index in [0.29, 0.717) is 0 Å². The minimum Gasteiger partial charge on any atom is -0.345 e. The Balaban J connectivity index is 2.47. The second kappa shape index (κ2) is 4.39. The average molecular weight is 248 g/mol. The highest BCUT2D eigenvalue weighted by molar-refractivity contribution is 5.83. The standard InChI is InChI=1S/C15H21FN2/c1-11-8-13(16)9-12-6-7-18(14(11)12)10-15(2,3)17(4)5/h6-9H,10H2,1-5H3. The molecular formula is C15H21FN2. The molecule has 2 rings (SSSR count). The van der Waals surface area contributed by atoms with Gasteiger partial charge in [-0.05, 0) is 58.6 Å². The lowest BCUT2D eigenvalue weighted by atomic mass is 10.0. The predicted octanol–water partition coefficient (Wildman–Crippen LogP) is 3.43. The fourth-order valence-electron chi connectivity index (χ4n) is 2.22. The minimum atomic E-state index is -0.162. The van der Waals surface area contributed by atoms with Crippen LogP contribution in [0.2, 0.25) is 0 Å². The number of nitrogens with zero attached hydrogens (tertiary/aromatic N) is 2. The van der Waals surface area contributed by atoms with E-state index < -0.39 is 0 Å². The van der Waals surface area contributed by atoms with Crippen LogP contribution in [0, 0.1) is 12.7 Å². The molecule has 0 amide bonds. The highest BCUT2D eigenvalue weighted by atomic mass is 19.1. The Hall–Kier alpha value is -1.35. The van der Waals surface area contributed by atoms with Gasteiger partial charge >= 0.3 is 0 Å². The molecule has 3 heteroatoms. The van der Waals surface area contributed by atoms with Crippen molar-refractivity contribution in [2.45, 2.75) is 32.9 Å². The molecule has 0 atom stereocenters. The summed E-state index contributed by atoms with van der Waals surface area (Å²) in [5.41, 5.74) is 2.18.